The second-order valence-electron chi connectivity index (χ2n) is 6.79. The third-order valence-corrected chi connectivity index (χ3v) is 4.62. The second kappa shape index (κ2) is 13.9. The summed E-state index contributed by atoms with van der Waals surface area (Å²) in [5, 5.41) is 6.71. The van der Waals surface area contributed by atoms with Crippen molar-refractivity contribution in [3.8, 4) is 5.75 Å². The molecule has 8 heteroatoms. The highest BCUT2D eigenvalue weighted by Crippen LogP contribution is 2.13. The van der Waals surface area contributed by atoms with E-state index in [2.05, 4.69) is 22.5 Å². The zero-order valence-electron chi connectivity index (χ0n) is 16.7. The Labute approximate surface area is 184 Å². The Kier molecular flexibility index (Phi) is 12.4. The molecule has 1 atom stereocenters. The van der Waals surface area contributed by atoms with E-state index in [9.17, 15) is 8.78 Å². The minimum atomic E-state index is -2.26. The summed E-state index contributed by atoms with van der Waals surface area (Å²) >= 11 is 0. The standard InChI is InChI=1S/C20H32F2N4O.HI/c1-3-17(27-18-8-6-5-7-9-18)14-24-20(23-4-2)25-16-10-12-26(13-11-16)15-19(21)22;/h5-9,16-17,19H,3-4,10-15H2,1-2H3,(H2,23,24,25);1H. The number of piperidine rings is 1. The van der Waals surface area contributed by atoms with Crippen molar-refractivity contribution in [1.29, 1.82) is 0 Å². The lowest BCUT2D eigenvalue weighted by molar-refractivity contribution is 0.0744. The van der Waals surface area contributed by atoms with E-state index in [1.54, 1.807) is 0 Å². The van der Waals surface area contributed by atoms with E-state index in [0.29, 0.717) is 19.6 Å². The van der Waals surface area contributed by atoms with Gasteiger partial charge in [0.1, 0.15) is 11.9 Å². The van der Waals surface area contributed by atoms with Gasteiger partial charge >= 0.3 is 0 Å². The zero-order chi connectivity index (χ0) is 19.5. The van der Waals surface area contributed by atoms with Crippen molar-refractivity contribution in [2.45, 2.75) is 51.7 Å². The largest absolute Gasteiger partial charge is 0.489 e. The Morgan fingerprint density at radius 3 is 2.46 bits per heavy atom. The molecule has 0 spiro atoms. The predicted molar refractivity (Wildman–Crippen MR) is 121 cm³/mol. The molecule has 2 N–H and O–H groups in total. The third kappa shape index (κ3) is 9.36. The van der Waals surface area contributed by atoms with Crippen molar-refractivity contribution in [2.75, 3.05) is 32.7 Å². The zero-order valence-corrected chi connectivity index (χ0v) is 19.1. The Bertz CT molecular complexity index is 554. The molecule has 1 unspecified atom stereocenters. The fourth-order valence-corrected chi connectivity index (χ4v) is 3.10. The van der Waals surface area contributed by atoms with Crippen molar-refractivity contribution >= 4 is 29.9 Å². The topological polar surface area (TPSA) is 48.9 Å². The average Bonchev–Trinajstić information content (AvgIpc) is 2.67. The van der Waals surface area contributed by atoms with E-state index in [1.807, 2.05) is 42.2 Å². The van der Waals surface area contributed by atoms with Crippen LogP contribution in [0.15, 0.2) is 35.3 Å². The maximum atomic E-state index is 12.5. The number of halogens is 3. The molecule has 1 fully saturated rings. The molecular weight excluding hydrogens is 477 g/mol. The molecule has 2 rings (SSSR count). The van der Waals surface area contributed by atoms with Crippen LogP contribution in [-0.2, 0) is 0 Å². The number of para-hydroxylation sites is 1. The van der Waals surface area contributed by atoms with Gasteiger partial charge in [-0.1, -0.05) is 25.1 Å². The molecular formula is C20H33F2IN4O. The Morgan fingerprint density at radius 1 is 1.21 bits per heavy atom. The van der Waals surface area contributed by atoms with Gasteiger partial charge in [-0.05, 0) is 38.3 Å². The number of rotatable bonds is 9. The van der Waals surface area contributed by atoms with E-state index in [-0.39, 0.29) is 42.7 Å². The monoisotopic (exact) mass is 510 g/mol. The number of hydrogen-bond donors (Lipinski definition) is 2. The highest BCUT2D eigenvalue weighted by atomic mass is 127. The molecule has 1 aromatic rings. The second-order valence-corrected chi connectivity index (χ2v) is 6.79. The van der Waals surface area contributed by atoms with Gasteiger partial charge < -0.3 is 15.4 Å². The Morgan fingerprint density at radius 2 is 1.89 bits per heavy atom. The molecule has 160 valence electrons. The summed E-state index contributed by atoms with van der Waals surface area (Å²) in [6.07, 6.45) is 0.299. The van der Waals surface area contributed by atoms with Gasteiger partial charge in [0, 0.05) is 25.7 Å². The van der Waals surface area contributed by atoms with Crippen molar-refractivity contribution in [2.24, 2.45) is 4.99 Å². The number of nitrogens with one attached hydrogen (secondary N) is 2. The number of hydrogen-bond acceptors (Lipinski definition) is 3. The van der Waals surface area contributed by atoms with Gasteiger partial charge in [-0.3, -0.25) is 4.90 Å². The van der Waals surface area contributed by atoms with Crippen molar-refractivity contribution in [3.63, 3.8) is 0 Å². The lowest BCUT2D eigenvalue weighted by Crippen LogP contribution is -2.49. The lowest BCUT2D eigenvalue weighted by Gasteiger charge is -2.32. The van der Waals surface area contributed by atoms with Crippen LogP contribution in [0.25, 0.3) is 0 Å². The molecule has 0 radical (unpaired) electrons. The van der Waals surface area contributed by atoms with Crippen LogP contribution in [0, 0.1) is 0 Å². The normalized spacial score (nSPS) is 17.1. The molecule has 1 aromatic carbocycles. The molecule has 1 aliphatic rings. The van der Waals surface area contributed by atoms with Gasteiger partial charge in [0.15, 0.2) is 5.96 Å². The van der Waals surface area contributed by atoms with Crippen LogP contribution in [-0.4, -0.2) is 62.2 Å². The molecule has 1 aliphatic heterocycles. The van der Waals surface area contributed by atoms with Gasteiger partial charge in [-0.2, -0.15) is 0 Å². The fraction of sp³-hybridized carbons (Fsp3) is 0.650. The number of alkyl halides is 2. The van der Waals surface area contributed by atoms with Gasteiger partial charge in [-0.25, -0.2) is 13.8 Å². The molecule has 0 bridgehead atoms. The van der Waals surface area contributed by atoms with Crippen LogP contribution in [0.5, 0.6) is 5.75 Å². The maximum absolute atomic E-state index is 12.5. The van der Waals surface area contributed by atoms with E-state index >= 15 is 0 Å². The number of ether oxygens (including phenoxy) is 1. The highest BCUT2D eigenvalue weighted by Gasteiger charge is 2.22. The summed E-state index contributed by atoms with van der Waals surface area (Å²) in [6.45, 7) is 6.70. The SMILES string of the molecule is CCNC(=NCC(CC)Oc1ccccc1)NC1CCN(CC(F)F)CC1.I. The summed E-state index contributed by atoms with van der Waals surface area (Å²) < 4.78 is 31.0. The van der Waals surface area contributed by atoms with Crippen LogP contribution in [0.3, 0.4) is 0 Å². The first-order valence-electron chi connectivity index (χ1n) is 9.87. The summed E-state index contributed by atoms with van der Waals surface area (Å²) in [5.74, 6) is 1.61. The van der Waals surface area contributed by atoms with Crippen molar-refractivity contribution < 1.29 is 13.5 Å². The van der Waals surface area contributed by atoms with Gasteiger partial charge in [-0.15, -0.1) is 24.0 Å². The summed E-state index contributed by atoms with van der Waals surface area (Å²) in [5.41, 5.74) is 0. The van der Waals surface area contributed by atoms with E-state index < -0.39 is 6.43 Å². The number of nitrogens with zero attached hydrogens (tertiary/aromatic N) is 2. The maximum Gasteiger partial charge on any atom is 0.251 e. The first-order chi connectivity index (χ1) is 13.1. The molecule has 1 saturated heterocycles. The first-order valence-corrected chi connectivity index (χ1v) is 9.87. The van der Waals surface area contributed by atoms with Crippen LogP contribution in [0.2, 0.25) is 0 Å². The van der Waals surface area contributed by atoms with Crippen molar-refractivity contribution in [1.82, 2.24) is 15.5 Å². The molecule has 0 aromatic heterocycles. The van der Waals surface area contributed by atoms with Gasteiger partial charge in [0.25, 0.3) is 6.43 Å². The average molecular weight is 510 g/mol. The molecule has 0 amide bonds. The number of aliphatic imine (C=N–C) groups is 1. The predicted octanol–water partition coefficient (Wildman–Crippen LogP) is 3.75. The van der Waals surface area contributed by atoms with E-state index in [0.717, 1.165) is 37.5 Å². The quantitative estimate of drug-likeness (QED) is 0.302. The van der Waals surface area contributed by atoms with E-state index in [4.69, 9.17) is 4.74 Å². The highest BCUT2D eigenvalue weighted by molar-refractivity contribution is 14.0. The third-order valence-electron chi connectivity index (χ3n) is 4.62. The first kappa shape index (κ1) is 24.9. The van der Waals surface area contributed by atoms with E-state index in [1.165, 1.54) is 0 Å². The number of guanidine groups is 1. The van der Waals surface area contributed by atoms with Crippen LogP contribution in [0.1, 0.15) is 33.1 Å². The number of likely N-dealkylation sites (tertiary alicyclic amines) is 1. The summed E-state index contributed by atoms with van der Waals surface area (Å²) in [7, 11) is 0. The molecule has 28 heavy (non-hydrogen) atoms. The van der Waals surface area contributed by atoms with Crippen molar-refractivity contribution in [3.05, 3.63) is 30.3 Å². The molecule has 5 nitrogen and oxygen atoms in total. The molecule has 0 aliphatic carbocycles. The fourth-order valence-electron chi connectivity index (χ4n) is 3.10. The van der Waals surface area contributed by atoms with Gasteiger partial charge in [0.2, 0.25) is 0 Å². The lowest BCUT2D eigenvalue weighted by atomic mass is 10.1. The minimum absolute atomic E-state index is 0. The summed E-state index contributed by atoms with van der Waals surface area (Å²) in [4.78, 5) is 6.51. The number of benzene rings is 1. The smallest absolute Gasteiger partial charge is 0.251 e. The van der Waals surface area contributed by atoms with Crippen LogP contribution in [0.4, 0.5) is 8.78 Å². The van der Waals surface area contributed by atoms with Crippen LogP contribution >= 0.6 is 24.0 Å². The Hall–Kier alpha value is -1.16. The summed E-state index contributed by atoms with van der Waals surface area (Å²) in [6, 6.07) is 10.0. The minimum Gasteiger partial charge on any atom is -0.489 e. The van der Waals surface area contributed by atoms with Crippen LogP contribution < -0.4 is 15.4 Å². The molecule has 0 saturated carbocycles. The Balaban J connectivity index is 0.00000392. The van der Waals surface area contributed by atoms with Gasteiger partial charge in [0.05, 0.1) is 13.1 Å². The molecule has 1 heterocycles.